The quantitative estimate of drug-likeness (QED) is 0.330. The van der Waals surface area contributed by atoms with Gasteiger partial charge in [-0.25, -0.2) is 0 Å². The summed E-state index contributed by atoms with van der Waals surface area (Å²) in [7, 11) is 0. The molecule has 2 heteroatoms. The molecule has 0 aromatic carbocycles. The smallest absolute Gasteiger partial charge is 0.107 e. The number of aliphatic hydroxyl groups excluding tert-OH is 1. The van der Waals surface area contributed by atoms with Gasteiger partial charge in [0.15, 0.2) is 0 Å². The third-order valence-corrected chi connectivity index (χ3v) is 0.782. The average molecular weight is 119 g/mol. The van der Waals surface area contributed by atoms with Gasteiger partial charge in [0.2, 0.25) is 0 Å². The second-order valence-electron chi connectivity index (χ2n) is 1.08. The molecule has 0 saturated heterocycles. The molecule has 0 fully saturated rings. The van der Waals surface area contributed by atoms with Crippen LogP contribution in [0.15, 0.2) is 0 Å². The molecule has 0 aliphatic carbocycles. The summed E-state index contributed by atoms with van der Waals surface area (Å²) in [6.07, 6.45) is 3.34. The number of hydrogen-bond donors (Lipinski definition) is 1. The maximum absolute atomic E-state index is 7.89. The zero-order valence-corrected chi connectivity index (χ0v) is 4.70. The molecule has 0 radical (unpaired) electrons. The molecule has 0 spiro atoms. The van der Waals surface area contributed by atoms with Crippen molar-refractivity contribution in [3.63, 3.8) is 0 Å². The van der Waals surface area contributed by atoms with Crippen LogP contribution in [0.3, 0.4) is 0 Å². The zero-order valence-electron chi connectivity index (χ0n) is 3.95. The van der Waals surface area contributed by atoms with Gasteiger partial charge in [-0.2, -0.15) is 0 Å². The Morgan fingerprint density at radius 1 is 1.57 bits per heavy atom. The fourth-order valence-corrected chi connectivity index (χ4v) is 0.345. The van der Waals surface area contributed by atoms with Crippen molar-refractivity contribution in [2.45, 2.75) is 12.8 Å². The molecule has 0 saturated carbocycles. The predicted octanol–water partition coefficient (Wildman–Crippen LogP) is 1.34. The molecule has 0 aromatic heterocycles. The minimum absolute atomic E-state index is 0.620. The minimum Gasteiger partial charge on any atom is -0.462 e. The molecule has 0 bridgehead atoms. The highest BCUT2D eigenvalue weighted by molar-refractivity contribution is 6.17. The summed E-state index contributed by atoms with van der Waals surface area (Å²) < 4.78 is 0. The number of hydrogen-bond acceptors (Lipinski definition) is 1. The largest absolute Gasteiger partial charge is 0.462 e. The Hall–Kier alpha value is -0.350. The third-order valence-electron chi connectivity index (χ3n) is 0.514. The van der Waals surface area contributed by atoms with Crippen LogP contribution < -0.4 is 0 Å². The van der Waals surface area contributed by atoms with E-state index in [1.54, 1.807) is 6.11 Å². The van der Waals surface area contributed by atoms with Gasteiger partial charge < -0.3 is 5.11 Å². The van der Waals surface area contributed by atoms with Gasteiger partial charge in [0.25, 0.3) is 0 Å². The number of aliphatic hydroxyl groups is 1. The maximum atomic E-state index is 7.89. The Kier molecular flexibility index (Phi) is 5.37. The molecule has 1 nitrogen and oxygen atoms in total. The zero-order chi connectivity index (χ0) is 5.54. The minimum atomic E-state index is 0.620. The number of alkyl halides is 1. The number of unbranched alkanes of at least 4 members (excludes halogenated alkanes) is 1. The molecule has 0 aliphatic heterocycles. The van der Waals surface area contributed by atoms with Gasteiger partial charge in [0, 0.05) is 12.3 Å². The van der Waals surface area contributed by atoms with E-state index in [4.69, 9.17) is 16.7 Å². The summed E-state index contributed by atoms with van der Waals surface area (Å²) in [6, 6.07) is 0. The second-order valence-corrected chi connectivity index (χ2v) is 1.46. The van der Waals surface area contributed by atoms with Crippen LogP contribution in [-0.4, -0.2) is 11.0 Å². The summed E-state index contributed by atoms with van der Waals surface area (Å²) in [6.45, 7) is 0. The highest BCUT2D eigenvalue weighted by Gasteiger charge is 1.75. The van der Waals surface area contributed by atoms with Crippen LogP contribution in [0.5, 0.6) is 0 Å². The van der Waals surface area contributed by atoms with Gasteiger partial charge in [-0.05, 0) is 6.42 Å². The lowest BCUT2D eigenvalue weighted by atomic mass is 10.4. The monoisotopic (exact) mass is 118 g/mol. The maximum Gasteiger partial charge on any atom is 0.107 e. The van der Waals surface area contributed by atoms with E-state index in [2.05, 4.69) is 5.92 Å². The Balaban J connectivity index is 2.78. The lowest BCUT2D eigenvalue weighted by molar-refractivity contribution is 0.516. The lowest BCUT2D eigenvalue weighted by Gasteiger charge is -1.78. The number of rotatable bonds is 2. The first-order valence-corrected chi connectivity index (χ1v) is 2.63. The van der Waals surface area contributed by atoms with E-state index in [0.29, 0.717) is 12.3 Å². The molecule has 0 amide bonds. The average Bonchev–Trinajstić information content (AvgIpc) is 1.69. The molecule has 0 rings (SSSR count). The van der Waals surface area contributed by atoms with Crippen LogP contribution in [-0.2, 0) is 0 Å². The van der Waals surface area contributed by atoms with E-state index in [1.165, 1.54) is 0 Å². The Morgan fingerprint density at radius 3 is 2.71 bits per heavy atom. The van der Waals surface area contributed by atoms with Crippen molar-refractivity contribution < 1.29 is 5.11 Å². The van der Waals surface area contributed by atoms with Crippen molar-refractivity contribution in [3.05, 3.63) is 0 Å². The summed E-state index contributed by atoms with van der Waals surface area (Å²) in [5, 5.41) is 7.89. The highest BCUT2D eigenvalue weighted by atomic mass is 35.5. The SMILES string of the molecule is OC#CCCCCl. The Bertz CT molecular complexity index is 79.8. The molecular weight excluding hydrogens is 112 g/mol. The third kappa shape index (κ3) is 5.65. The van der Waals surface area contributed by atoms with Gasteiger partial charge in [-0.3, -0.25) is 0 Å². The first kappa shape index (κ1) is 6.65. The molecule has 1 N–H and O–H groups in total. The van der Waals surface area contributed by atoms with Crippen LogP contribution in [0.25, 0.3) is 0 Å². The first-order chi connectivity index (χ1) is 3.41. The molecule has 0 unspecified atom stereocenters. The predicted molar refractivity (Wildman–Crippen MR) is 29.7 cm³/mol. The molecule has 7 heavy (non-hydrogen) atoms. The molecule has 0 atom stereocenters. The van der Waals surface area contributed by atoms with Gasteiger partial charge in [0.05, 0.1) is 0 Å². The van der Waals surface area contributed by atoms with E-state index in [9.17, 15) is 0 Å². The topological polar surface area (TPSA) is 20.2 Å². The Labute approximate surface area is 48.3 Å². The standard InChI is InChI=1S/C5H7ClO/c6-4-2-1-3-5-7/h7H,1-2,4H2. The fraction of sp³-hybridized carbons (Fsp3) is 0.600. The van der Waals surface area contributed by atoms with Crippen LogP contribution in [0, 0.1) is 12.0 Å². The molecule has 0 aliphatic rings. The van der Waals surface area contributed by atoms with Crippen LogP contribution in [0.2, 0.25) is 0 Å². The van der Waals surface area contributed by atoms with Crippen molar-refractivity contribution in [2.75, 3.05) is 5.88 Å². The summed E-state index contributed by atoms with van der Waals surface area (Å²) in [5.74, 6) is 3.09. The Morgan fingerprint density at radius 2 is 2.29 bits per heavy atom. The number of halogens is 1. The highest BCUT2D eigenvalue weighted by Crippen LogP contribution is 1.87. The van der Waals surface area contributed by atoms with E-state index >= 15 is 0 Å². The summed E-state index contributed by atoms with van der Waals surface area (Å²) in [4.78, 5) is 0. The molecule has 40 valence electrons. The summed E-state index contributed by atoms with van der Waals surface area (Å²) >= 11 is 5.29. The molecule has 0 heterocycles. The lowest BCUT2D eigenvalue weighted by Crippen LogP contribution is -1.69. The second kappa shape index (κ2) is 5.65. The van der Waals surface area contributed by atoms with Gasteiger partial charge in [-0.15, -0.1) is 11.6 Å². The van der Waals surface area contributed by atoms with Gasteiger partial charge >= 0.3 is 0 Å². The van der Waals surface area contributed by atoms with E-state index in [1.807, 2.05) is 0 Å². The van der Waals surface area contributed by atoms with Crippen LogP contribution in [0.4, 0.5) is 0 Å². The van der Waals surface area contributed by atoms with Crippen molar-refractivity contribution >= 4 is 11.6 Å². The van der Waals surface area contributed by atoms with E-state index < -0.39 is 0 Å². The van der Waals surface area contributed by atoms with E-state index in [0.717, 1.165) is 6.42 Å². The van der Waals surface area contributed by atoms with Crippen molar-refractivity contribution in [2.24, 2.45) is 0 Å². The van der Waals surface area contributed by atoms with Gasteiger partial charge in [0.1, 0.15) is 6.11 Å². The fourth-order valence-electron chi connectivity index (χ4n) is 0.211. The summed E-state index contributed by atoms with van der Waals surface area (Å²) in [5.41, 5.74) is 0. The molecule has 0 aromatic rings. The van der Waals surface area contributed by atoms with Crippen molar-refractivity contribution in [1.82, 2.24) is 0 Å². The van der Waals surface area contributed by atoms with Crippen LogP contribution in [0.1, 0.15) is 12.8 Å². The normalized spacial score (nSPS) is 7.00. The van der Waals surface area contributed by atoms with E-state index in [-0.39, 0.29) is 0 Å². The van der Waals surface area contributed by atoms with Crippen LogP contribution >= 0.6 is 11.6 Å². The van der Waals surface area contributed by atoms with Crippen molar-refractivity contribution in [3.8, 4) is 12.0 Å². The molecular formula is C5H7ClO. The van der Waals surface area contributed by atoms with Gasteiger partial charge in [-0.1, -0.05) is 5.92 Å². The first-order valence-electron chi connectivity index (χ1n) is 2.09. The van der Waals surface area contributed by atoms with Crippen molar-refractivity contribution in [1.29, 1.82) is 0 Å².